The van der Waals surface area contributed by atoms with Gasteiger partial charge in [-0.05, 0) is 55.0 Å². The molecule has 33 heavy (non-hydrogen) atoms. The van der Waals surface area contributed by atoms with Gasteiger partial charge in [0, 0.05) is 50.5 Å². The van der Waals surface area contributed by atoms with Gasteiger partial charge in [-0.15, -0.1) is 0 Å². The quantitative estimate of drug-likeness (QED) is 0.509. The van der Waals surface area contributed by atoms with E-state index < -0.39 is 0 Å². The molecular formula is C25H33FN4O3. The summed E-state index contributed by atoms with van der Waals surface area (Å²) in [6, 6.07) is 13.5. The molecular weight excluding hydrogens is 423 g/mol. The molecule has 8 heteroatoms. The van der Waals surface area contributed by atoms with Gasteiger partial charge in [0.2, 0.25) is 5.91 Å². The summed E-state index contributed by atoms with van der Waals surface area (Å²) in [6.07, 6.45) is 2.06. The number of ether oxygens (including phenoxy) is 1. The zero-order valence-corrected chi connectivity index (χ0v) is 19.2. The van der Waals surface area contributed by atoms with Crippen molar-refractivity contribution >= 4 is 17.5 Å². The molecule has 1 saturated heterocycles. The van der Waals surface area contributed by atoms with Crippen molar-refractivity contribution in [3.05, 3.63) is 59.9 Å². The van der Waals surface area contributed by atoms with Crippen molar-refractivity contribution < 1.29 is 18.7 Å². The van der Waals surface area contributed by atoms with Crippen LogP contribution in [0.25, 0.3) is 0 Å². The van der Waals surface area contributed by atoms with E-state index in [9.17, 15) is 14.0 Å². The van der Waals surface area contributed by atoms with Crippen molar-refractivity contribution in [3.8, 4) is 5.75 Å². The Labute approximate surface area is 194 Å². The summed E-state index contributed by atoms with van der Waals surface area (Å²) in [4.78, 5) is 28.8. The largest absolute Gasteiger partial charge is 0.494 e. The number of nitrogens with one attached hydrogen (secondary N) is 2. The van der Waals surface area contributed by atoms with Crippen LogP contribution in [-0.2, 0) is 4.79 Å². The van der Waals surface area contributed by atoms with Crippen molar-refractivity contribution in [2.24, 2.45) is 0 Å². The molecule has 2 aromatic carbocycles. The minimum Gasteiger partial charge on any atom is -0.494 e. The van der Waals surface area contributed by atoms with Crippen LogP contribution in [0.2, 0.25) is 0 Å². The Balaban J connectivity index is 1.29. The van der Waals surface area contributed by atoms with Gasteiger partial charge in [0.15, 0.2) is 0 Å². The predicted octanol–water partition coefficient (Wildman–Crippen LogP) is 2.67. The second kappa shape index (κ2) is 12.8. The van der Waals surface area contributed by atoms with E-state index in [1.165, 1.54) is 12.1 Å². The monoisotopic (exact) mass is 456 g/mol. The van der Waals surface area contributed by atoms with Gasteiger partial charge in [-0.1, -0.05) is 13.3 Å². The lowest BCUT2D eigenvalue weighted by atomic mass is 10.2. The van der Waals surface area contributed by atoms with Crippen molar-refractivity contribution in [2.75, 3.05) is 57.3 Å². The Morgan fingerprint density at radius 2 is 1.67 bits per heavy atom. The second-order valence-electron chi connectivity index (χ2n) is 8.06. The Hall–Kier alpha value is -3.13. The molecule has 0 aliphatic carbocycles. The fraction of sp³-hybridized carbons (Fsp3) is 0.440. The van der Waals surface area contributed by atoms with Gasteiger partial charge in [-0.2, -0.15) is 0 Å². The number of piperazine rings is 1. The molecule has 2 N–H and O–H groups in total. The Bertz CT molecular complexity index is 882. The number of amides is 2. The number of nitrogens with zero attached hydrogens (tertiary/aromatic N) is 2. The highest BCUT2D eigenvalue weighted by atomic mass is 19.1. The molecule has 7 nitrogen and oxygen atoms in total. The first-order valence-corrected chi connectivity index (χ1v) is 11.6. The molecule has 0 bridgehead atoms. The van der Waals surface area contributed by atoms with Gasteiger partial charge in [-0.25, -0.2) is 4.39 Å². The third-order valence-corrected chi connectivity index (χ3v) is 5.61. The number of halogens is 1. The SMILES string of the molecule is CCCCOc1ccc(C(=O)NCC(=O)NCCN2CCN(c3ccc(F)cc3)CC2)cc1. The van der Waals surface area contributed by atoms with E-state index in [1.807, 2.05) is 0 Å². The summed E-state index contributed by atoms with van der Waals surface area (Å²) in [5, 5.41) is 5.50. The maximum atomic E-state index is 13.1. The van der Waals surface area contributed by atoms with Crippen LogP contribution in [0.4, 0.5) is 10.1 Å². The number of rotatable bonds is 11. The molecule has 0 radical (unpaired) electrons. The summed E-state index contributed by atoms with van der Waals surface area (Å²) in [5.41, 5.74) is 1.52. The fourth-order valence-electron chi connectivity index (χ4n) is 3.60. The van der Waals surface area contributed by atoms with E-state index in [4.69, 9.17) is 4.74 Å². The molecule has 2 amide bonds. The van der Waals surface area contributed by atoms with Crippen LogP contribution in [0.5, 0.6) is 5.75 Å². The van der Waals surface area contributed by atoms with E-state index in [0.717, 1.165) is 57.0 Å². The molecule has 0 aromatic heterocycles. The average molecular weight is 457 g/mol. The van der Waals surface area contributed by atoms with E-state index in [-0.39, 0.29) is 24.2 Å². The maximum absolute atomic E-state index is 13.1. The van der Waals surface area contributed by atoms with Crippen LogP contribution in [0.15, 0.2) is 48.5 Å². The van der Waals surface area contributed by atoms with E-state index in [0.29, 0.717) is 18.7 Å². The van der Waals surface area contributed by atoms with Crippen LogP contribution in [0, 0.1) is 5.82 Å². The summed E-state index contributed by atoms with van der Waals surface area (Å²) >= 11 is 0. The molecule has 1 heterocycles. The predicted molar refractivity (Wildman–Crippen MR) is 127 cm³/mol. The molecule has 1 aliphatic rings. The van der Waals surface area contributed by atoms with E-state index >= 15 is 0 Å². The fourth-order valence-corrected chi connectivity index (χ4v) is 3.60. The standard InChI is InChI=1S/C25H33FN4O3/c1-2-3-18-33-23-10-4-20(5-11-23)25(32)28-19-24(31)27-12-13-29-14-16-30(17-15-29)22-8-6-21(26)7-9-22/h4-11H,2-3,12-19H2,1H3,(H,27,31)(H,28,32). The van der Waals surface area contributed by atoms with Crippen LogP contribution < -0.4 is 20.3 Å². The normalized spacial score (nSPS) is 14.1. The van der Waals surface area contributed by atoms with Gasteiger partial charge >= 0.3 is 0 Å². The molecule has 0 atom stereocenters. The number of hydrogen-bond donors (Lipinski definition) is 2. The number of carbonyl (C=O) groups excluding carboxylic acids is 2. The van der Waals surface area contributed by atoms with Crippen molar-refractivity contribution in [3.63, 3.8) is 0 Å². The van der Waals surface area contributed by atoms with Crippen LogP contribution in [-0.4, -0.2) is 69.1 Å². The molecule has 0 saturated carbocycles. The minimum absolute atomic E-state index is 0.0636. The van der Waals surface area contributed by atoms with Crippen LogP contribution >= 0.6 is 0 Å². The Kier molecular flexibility index (Phi) is 9.50. The van der Waals surface area contributed by atoms with E-state index in [2.05, 4.69) is 27.4 Å². The highest BCUT2D eigenvalue weighted by molar-refractivity contribution is 5.96. The minimum atomic E-state index is -0.290. The summed E-state index contributed by atoms with van der Waals surface area (Å²) in [6.45, 7) is 7.44. The summed E-state index contributed by atoms with van der Waals surface area (Å²) in [7, 11) is 0. The summed E-state index contributed by atoms with van der Waals surface area (Å²) in [5.74, 6) is 0.000797. The molecule has 178 valence electrons. The average Bonchev–Trinajstić information content (AvgIpc) is 2.84. The third kappa shape index (κ3) is 8.05. The third-order valence-electron chi connectivity index (χ3n) is 5.61. The van der Waals surface area contributed by atoms with Crippen molar-refractivity contribution in [1.29, 1.82) is 0 Å². The molecule has 1 fully saturated rings. The first-order chi connectivity index (χ1) is 16.0. The van der Waals surface area contributed by atoms with E-state index in [1.54, 1.807) is 36.4 Å². The number of benzene rings is 2. The number of carbonyl (C=O) groups is 2. The van der Waals surface area contributed by atoms with Crippen LogP contribution in [0.1, 0.15) is 30.1 Å². The lowest BCUT2D eigenvalue weighted by Gasteiger charge is -2.36. The smallest absolute Gasteiger partial charge is 0.251 e. The number of anilines is 1. The second-order valence-corrected chi connectivity index (χ2v) is 8.06. The van der Waals surface area contributed by atoms with Gasteiger partial charge in [0.1, 0.15) is 11.6 Å². The molecule has 2 aromatic rings. The first-order valence-electron chi connectivity index (χ1n) is 11.6. The lowest BCUT2D eigenvalue weighted by molar-refractivity contribution is -0.120. The molecule has 0 spiro atoms. The van der Waals surface area contributed by atoms with Crippen molar-refractivity contribution in [2.45, 2.75) is 19.8 Å². The molecule has 1 aliphatic heterocycles. The van der Waals surface area contributed by atoms with Gasteiger partial charge < -0.3 is 20.3 Å². The van der Waals surface area contributed by atoms with Crippen LogP contribution in [0.3, 0.4) is 0 Å². The Morgan fingerprint density at radius 3 is 2.33 bits per heavy atom. The zero-order valence-electron chi connectivity index (χ0n) is 19.2. The lowest BCUT2D eigenvalue weighted by Crippen LogP contribution is -2.49. The molecule has 3 rings (SSSR count). The zero-order chi connectivity index (χ0) is 23.5. The van der Waals surface area contributed by atoms with Gasteiger partial charge in [-0.3, -0.25) is 14.5 Å². The highest BCUT2D eigenvalue weighted by Crippen LogP contribution is 2.16. The highest BCUT2D eigenvalue weighted by Gasteiger charge is 2.17. The topological polar surface area (TPSA) is 73.9 Å². The molecule has 0 unspecified atom stereocenters. The maximum Gasteiger partial charge on any atom is 0.251 e. The Morgan fingerprint density at radius 1 is 0.970 bits per heavy atom. The van der Waals surface area contributed by atoms with Gasteiger partial charge in [0.05, 0.1) is 13.2 Å². The van der Waals surface area contributed by atoms with Crippen molar-refractivity contribution in [1.82, 2.24) is 15.5 Å². The number of unbranched alkanes of at least 4 members (excludes halogenated alkanes) is 1. The first kappa shape index (κ1) is 24.5. The summed E-state index contributed by atoms with van der Waals surface area (Å²) < 4.78 is 18.7. The van der Waals surface area contributed by atoms with Gasteiger partial charge in [0.25, 0.3) is 5.91 Å². The number of hydrogen-bond acceptors (Lipinski definition) is 5.